The van der Waals surface area contributed by atoms with Crippen molar-refractivity contribution in [1.29, 1.82) is 0 Å². The maximum atomic E-state index is 7.33. The van der Waals surface area contributed by atoms with E-state index in [9.17, 15) is 0 Å². The van der Waals surface area contributed by atoms with Crippen LogP contribution in [0, 0.1) is 0 Å². The van der Waals surface area contributed by atoms with Gasteiger partial charge in [0.25, 0.3) is 0 Å². The minimum Gasteiger partial charge on any atom is -0.377 e. The Morgan fingerprint density at radius 2 is 0.923 bits per heavy atom. The number of hydrogen-bond acceptors (Lipinski definition) is 7. The molecule has 82 valence electrons. The highest BCUT2D eigenvalue weighted by Gasteiger charge is 2.29. The average molecular weight is 232 g/mol. The van der Waals surface area contributed by atoms with Crippen LogP contribution in [0.15, 0.2) is 0 Å². The lowest BCUT2D eigenvalue weighted by molar-refractivity contribution is 0.117. The van der Waals surface area contributed by atoms with Gasteiger partial charge in [-0.3, -0.25) is 0 Å². The number of rotatable bonds is 3. The van der Waals surface area contributed by atoms with Gasteiger partial charge in [-0.1, -0.05) is 0 Å². The minimum absolute atomic E-state index is 1.58. The van der Waals surface area contributed by atoms with Crippen molar-refractivity contribution in [3.63, 3.8) is 0 Å². The Hall–Kier alpha value is 0.154. The van der Waals surface area contributed by atoms with E-state index in [2.05, 4.69) is 0 Å². The van der Waals surface area contributed by atoms with Crippen molar-refractivity contribution in [3.05, 3.63) is 0 Å². The quantitative estimate of drug-likeness (QED) is 0.412. The zero-order chi connectivity index (χ0) is 11.1. The molecule has 7 nitrogen and oxygen atoms in total. The van der Waals surface area contributed by atoms with E-state index < -0.39 is 17.9 Å². The lowest BCUT2D eigenvalue weighted by atomic mass is 11.8. The predicted molar refractivity (Wildman–Crippen MR) is 47.3 cm³/mol. The molecule has 4 N–H and O–H groups in total. The van der Waals surface area contributed by atoms with E-state index in [1.165, 1.54) is 0 Å². The Morgan fingerprint density at radius 3 is 0.923 bits per heavy atom. The summed E-state index contributed by atoms with van der Waals surface area (Å²) in [7, 11) is -2.03. The molecule has 0 rings (SSSR count). The van der Waals surface area contributed by atoms with Gasteiger partial charge in [-0.15, -0.1) is 0 Å². The summed E-state index contributed by atoms with van der Waals surface area (Å²) in [5.41, 5.74) is 0. The van der Waals surface area contributed by atoms with E-state index in [0.717, 1.165) is 0 Å². The highest BCUT2D eigenvalue weighted by molar-refractivity contribution is 6.58. The lowest BCUT2D eigenvalue weighted by Gasteiger charge is -2.18. The largest absolute Gasteiger partial charge is 0.668 e. The van der Waals surface area contributed by atoms with Crippen molar-refractivity contribution in [2.45, 2.75) is 6.55 Å². The van der Waals surface area contributed by atoms with Gasteiger partial charge in [0.1, 0.15) is 0 Å². The first-order valence-electron chi connectivity index (χ1n) is 3.23. The van der Waals surface area contributed by atoms with E-state index >= 15 is 0 Å². The molecule has 0 aromatic rings. The van der Waals surface area contributed by atoms with Crippen LogP contribution in [0.25, 0.3) is 0 Å². The standard InChI is InChI=1S/C4H12O3Si.H4O4Si/c1-5-8(4,6-2)7-3;1-5(2,3)4/h1-4H3;1-4H. The predicted octanol–water partition coefficient (Wildman–Crippen LogP) is -2.11. The van der Waals surface area contributed by atoms with Gasteiger partial charge in [-0.2, -0.15) is 0 Å². The van der Waals surface area contributed by atoms with Gasteiger partial charge >= 0.3 is 17.9 Å². The third-order valence-electron chi connectivity index (χ3n) is 1.11. The molecule has 9 heteroatoms. The smallest absolute Gasteiger partial charge is 0.377 e. The van der Waals surface area contributed by atoms with E-state index in [-0.39, 0.29) is 0 Å². The molecule has 0 heterocycles. The molecule has 0 aliphatic carbocycles. The first-order valence-corrected chi connectivity index (χ1v) is 7.25. The van der Waals surface area contributed by atoms with Crippen molar-refractivity contribution in [1.82, 2.24) is 0 Å². The van der Waals surface area contributed by atoms with Crippen LogP contribution in [0.4, 0.5) is 0 Å². The Morgan fingerprint density at radius 1 is 0.769 bits per heavy atom. The monoisotopic (exact) mass is 232 g/mol. The molecule has 0 unspecified atom stereocenters. The fourth-order valence-corrected chi connectivity index (χ4v) is 0.750. The molecule has 0 aromatic carbocycles. The second-order valence-corrected chi connectivity index (χ2v) is 6.22. The Kier molecular flexibility index (Phi) is 7.91. The third kappa shape index (κ3) is 15.0. The summed E-state index contributed by atoms with van der Waals surface area (Å²) in [5, 5.41) is 0. The summed E-state index contributed by atoms with van der Waals surface area (Å²) < 4.78 is 14.8. The molecule has 0 radical (unpaired) electrons. The summed E-state index contributed by atoms with van der Waals surface area (Å²) in [6.45, 7) is 1.83. The Bertz CT molecular complexity index is 106. The van der Waals surface area contributed by atoms with Crippen LogP contribution >= 0.6 is 0 Å². The zero-order valence-corrected chi connectivity index (χ0v) is 10.0. The highest BCUT2D eigenvalue weighted by atomic mass is 28.4. The van der Waals surface area contributed by atoms with E-state index in [4.69, 9.17) is 32.5 Å². The van der Waals surface area contributed by atoms with E-state index in [0.29, 0.717) is 0 Å². The molecule has 0 atom stereocenters. The molecular formula is C4H16O7Si2. The van der Waals surface area contributed by atoms with Crippen LogP contribution in [0.3, 0.4) is 0 Å². The fraction of sp³-hybridized carbons (Fsp3) is 1.00. The molecule has 13 heavy (non-hydrogen) atoms. The van der Waals surface area contributed by atoms with Gasteiger partial charge in [0, 0.05) is 27.9 Å². The molecule has 0 aliphatic rings. The summed E-state index contributed by atoms with van der Waals surface area (Å²) in [6, 6.07) is 0. The van der Waals surface area contributed by atoms with Gasteiger partial charge in [0.15, 0.2) is 0 Å². The molecule has 0 fully saturated rings. The summed E-state index contributed by atoms with van der Waals surface area (Å²) in [6.07, 6.45) is 0. The van der Waals surface area contributed by atoms with Crippen molar-refractivity contribution in [3.8, 4) is 0 Å². The molecule has 0 saturated carbocycles. The maximum absolute atomic E-state index is 7.33. The molecule has 0 amide bonds. The minimum atomic E-state index is -4.61. The molecule has 0 aromatic heterocycles. The van der Waals surface area contributed by atoms with Crippen molar-refractivity contribution < 1.29 is 32.5 Å². The summed E-state index contributed by atoms with van der Waals surface area (Å²) >= 11 is 0. The van der Waals surface area contributed by atoms with Crippen LogP contribution in [0.2, 0.25) is 6.55 Å². The molecule has 0 bridgehead atoms. The van der Waals surface area contributed by atoms with Gasteiger partial charge < -0.3 is 32.5 Å². The lowest BCUT2D eigenvalue weighted by Crippen LogP contribution is -2.38. The second-order valence-electron chi connectivity index (χ2n) is 2.07. The first kappa shape index (κ1) is 15.6. The van der Waals surface area contributed by atoms with Gasteiger partial charge in [0.2, 0.25) is 0 Å². The average Bonchev–Trinajstić information content (AvgIpc) is 2.00. The second kappa shape index (κ2) is 6.58. The first-order chi connectivity index (χ1) is 5.68. The van der Waals surface area contributed by atoms with Crippen LogP contribution < -0.4 is 0 Å². The Labute approximate surface area is 79.0 Å². The van der Waals surface area contributed by atoms with Gasteiger partial charge in [-0.25, -0.2) is 0 Å². The molecule has 0 spiro atoms. The normalized spacial score (nSPS) is 12.0. The van der Waals surface area contributed by atoms with Gasteiger partial charge in [-0.05, 0) is 0 Å². The molecular weight excluding hydrogens is 216 g/mol. The zero-order valence-electron chi connectivity index (χ0n) is 8.01. The SMILES string of the molecule is CO[Si](C)(OC)OC.O[Si](O)(O)O. The summed E-state index contributed by atoms with van der Waals surface area (Å²) in [4.78, 5) is 29.3. The van der Waals surface area contributed by atoms with E-state index in [1.807, 2.05) is 6.55 Å². The molecule has 0 saturated heterocycles. The van der Waals surface area contributed by atoms with Crippen LogP contribution in [-0.4, -0.2) is 58.4 Å². The highest BCUT2D eigenvalue weighted by Crippen LogP contribution is 2.02. The molecule has 0 aliphatic heterocycles. The van der Waals surface area contributed by atoms with Crippen LogP contribution in [0.5, 0.6) is 0 Å². The van der Waals surface area contributed by atoms with Crippen molar-refractivity contribution >= 4 is 17.9 Å². The van der Waals surface area contributed by atoms with Crippen molar-refractivity contribution in [2.75, 3.05) is 21.3 Å². The topological polar surface area (TPSA) is 109 Å². The van der Waals surface area contributed by atoms with Crippen LogP contribution in [-0.2, 0) is 13.3 Å². The van der Waals surface area contributed by atoms with E-state index in [1.54, 1.807) is 21.3 Å². The fourth-order valence-electron chi connectivity index (χ4n) is 0.250. The third-order valence-corrected chi connectivity index (χ3v) is 3.34. The van der Waals surface area contributed by atoms with Crippen molar-refractivity contribution in [2.24, 2.45) is 0 Å². The maximum Gasteiger partial charge on any atom is 0.668 e. The Balaban J connectivity index is 0. The van der Waals surface area contributed by atoms with Gasteiger partial charge in [0.05, 0.1) is 0 Å². The number of hydrogen-bond donors (Lipinski definition) is 4. The van der Waals surface area contributed by atoms with Crippen LogP contribution in [0.1, 0.15) is 0 Å². The summed E-state index contributed by atoms with van der Waals surface area (Å²) in [5.74, 6) is 0.